The highest BCUT2D eigenvalue weighted by Gasteiger charge is 2.34. The fraction of sp³-hybridized carbons (Fsp3) is 0.500. The van der Waals surface area contributed by atoms with E-state index in [2.05, 4.69) is 31.5 Å². The van der Waals surface area contributed by atoms with Gasteiger partial charge in [0, 0.05) is 10.7 Å². The van der Waals surface area contributed by atoms with E-state index in [4.69, 9.17) is 0 Å². The summed E-state index contributed by atoms with van der Waals surface area (Å²) in [7, 11) is 0. The molecule has 1 fully saturated rings. The van der Waals surface area contributed by atoms with Crippen molar-refractivity contribution in [1.29, 1.82) is 0 Å². The summed E-state index contributed by atoms with van der Waals surface area (Å²) in [4.78, 5) is 16.3. The van der Waals surface area contributed by atoms with Crippen molar-refractivity contribution in [2.24, 2.45) is 0 Å². The number of hydrogen-bond donors (Lipinski definition) is 2. The molecule has 0 aromatic carbocycles. The van der Waals surface area contributed by atoms with Crippen LogP contribution in [0.25, 0.3) is 0 Å². The minimum atomic E-state index is -0.465. The van der Waals surface area contributed by atoms with E-state index in [1.165, 1.54) is 0 Å². The molecule has 1 unspecified atom stereocenters. The molecule has 1 saturated heterocycles. The van der Waals surface area contributed by atoms with Crippen LogP contribution in [0.5, 0.6) is 0 Å². The first kappa shape index (κ1) is 12.5. The van der Waals surface area contributed by atoms with Gasteiger partial charge in [0.25, 0.3) is 0 Å². The predicted octanol–water partition coefficient (Wildman–Crippen LogP) is 2.31. The van der Waals surface area contributed by atoms with E-state index in [1.807, 2.05) is 13.0 Å². The molecular weight excluding hydrogens is 282 g/mol. The van der Waals surface area contributed by atoms with E-state index >= 15 is 0 Å². The van der Waals surface area contributed by atoms with Gasteiger partial charge in [-0.1, -0.05) is 0 Å². The second-order valence-corrected chi connectivity index (χ2v) is 5.45. The number of piperidine rings is 1. The quantitative estimate of drug-likeness (QED) is 0.881. The Bertz CT molecular complexity index is 399. The molecule has 0 radical (unpaired) electrons. The second kappa shape index (κ2) is 5.14. The van der Waals surface area contributed by atoms with Crippen LogP contribution in [-0.2, 0) is 4.79 Å². The molecule has 0 saturated carbocycles. The van der Waals surface area contributed by atoms with Crippen LogP contribution < -0.4 is 10.6 Å². The first-order valence-electron chi connectivity index (χ1n) is 5.78. The molecule has 2 N–H and O–H groups in total. The predicted molar refractivity (Wildman–Crippen MR) is 70.8 cm³/mol. The minimum absolute atomic E-state index is 0.00739. The van der Waals surface area contributed by atoms with Crippen molar-refractivity contribution in [3.8, 4) is 0 Å². The van der Waals surface area contributed by atoms with Gasteiger partial charge in [-0.2, -0.15) is 0 Å². The van der Waals surface area contributed by atoms with Gasteiger partial charge in [-0.3, -0.25) is 4.79 Å². The Morgan fingerprint density at radius 3 is 2.94 bits per heavy atom. The van der Waals surface area contributed by atoms with Gasteiger partial charge in [0.15, 0.2) is 0 Å². The Morgan fingerprint density at radius 1 is 1.53 bits per heavy atom. The second-order valence-electron chi connectivity index (χ2n) is 4.53. The number of halogens is 1. The molecule has 2 rings (SSSR count). The summed E-state index contributed by atoms with van der Waals surface area (Å²) in [5.41, 5.74) is -0.465. The van der Waals surface area contributed by atoms with Crippen LogP contribution in [0.3, 0.4) is 0 Å². The third kappa shape index (κ3) is 3.04. The summed E-state index contributed by atoms with van der Waals surface area (Å²) >= 11 is 3.31. The van der Waals surface area contributed by atoms with Gasteiger partial charge < -0.3 is 10.6 Å². The zero-order valence-electron chi connectivity index (χ0n) is 9.79. The molecule has 2 heterocycles. The van der Waals surface area contributed by atoms with E-state index in [0.29, 0.717) is 5.82 Å². The van der Waals surface area contributed by atoms with Crippen LogP contribution in [0, 0.1) is 0 Å². The molecule has 1 aliphatic rings. The van der Waals surface area contributed by atoms with E-state index in [9.17, 15) is 4.79 Å². The molecule has 5 heteroatoms. The fourth-order valence-electron chi connectivity index (χ4n) is 1.95. The van der Waals surface area contributed by atoms with Crippen LogP contribution in [0.2, 0.25) is 0 Å². The summed E-state index contributed by atoms with van der Waals surface area (Å²) in [5.74, 6) is 0.582. The van der Waals surface area contributed by atoms with Gasteiger partial charge in [-0.15, -0.1) is 0 Å². The molecule has 1 aliphatic heterocycles. The monoisotopic (exact) mass is 297 g/mol. The topological polar surface area (TPSA) is 54.0 Å². The van der Waals surface area contributed by atoms with E-state index in [1.54, 1.807) is 12.3 Å². The smallest absolute Gasteiger partial charge is 0.245 e. The number of nitrogens with one attached hydrogen (secondary N) is 2. The highest BCUT2D eigenvalue weighted by molar-refractivity contribution is 9.10. The number of nitrogens with zero attached hydrogens (tertiary/aromatic N) is 1. The summed E-state index contributed by atoms with van der Waals surface area (Å²) in [6.45, 7) is 2.85. The summed E-state index contributed by atoms with van der Waals surface area (Å²) in [6.07, 6.45) is 4.77. The van der Waals surface area contributed by atoms with Gasteiger partial charge in [-0.25, -0.2) is 4.98 Å². The lowest BCUT2D eigenvalue weighted by atomic mass is 9.90. The van der Waals surface area contributed by atoms with Crippen molar-refractivity contribution >= 4 is 27.7 Å². The largest absolute Gasteiger partial charge is 0.309 e. The maximum Gasteiger partial charge on any atom is 0.245 e. The van der Waals surface area contributed by atoms with Gasteiger partial charge >= 0.3 is 0 Å². The zero-order chi connectivity index (χ0) is 12.3. The molecular formula is C12H16BrN3O. The third-order valence-electron chi connectivity index (χ3n) is 3.09. The standard InChI is InChI=1S/C12H16BrN3O/c1-12(6-2-3-7-15-12)11(17)16-10-5-4-9(13)8-14-10/h4-5,8,15H,2-3,6-7H2,1H3,(H,14,16,17). The molecule has 92 valence electrons. The van der Waals surface area contributed by atoms with Gasteiger partial charge in [0.1, 0.15) is 5.82 Å². The molecule has 0 spiro atoms. The van der Waals surface area contributed by atoms with Crippen LogP contribution in [0.1, 0.15) is 26.2 Å². The van der Waals surface area contributed by atoms with Crippen molar-refractivity contribution in [2.75, 3.05) is 11.9 Å². The third-order valence-corrected chi connectivity index (χ3v) is 3.56. The summed E-state index contributed by atoms with van der Waals surface area (Å²) < 4.78 is 0.900. The molecule has 1 amide bonds. The van der Waals surface area contributed by atoms with Crippen molar-refractivity contribution in [2.45, 2.75) is 31.7 Å². The van der Waals surface area contributed by atoms with Gasteiger partial charge in [0.05, 0.1) is 5.54 Å². The van der Waals surface area contributed by atoms with Crippen molar-refractivity contribution in [3.63, 3.8) is 0 Å². The lowest BCUT2D eigenvalue weighted by molar-refractivity contribution is -0.122. The minimum Gasteiger partial charge on any atom is -0.309 e. The van der Waals surface area contributed by atoms with Gasteiger partial charge in [-0.05, 0) is 60.8 Å². The maximum absolute atomic E-state index is 12.1. The molecule has 4 nitrogen and oxygen atoms in total. The van der Waals surface area contributed by atoms with Crippen LogP contribution >= 0.6 is 15.9 Å². The van der Waals surface area contributed by atoms with Gasteiger partial charge in [0.2, 0.25) is 5.91 Å². The molecule has 1 aromatic heterocycles. The fourth-order valence-corrected chi connectivity index (χ4v) is 2.19. The molecule has 17 heavy (non-hydrogen) atoms. The molecule has 0 bridgehead atoms. The SMILES string of the molecule is CC1(C(=O)Nc2ccc(Br)cn2)CCCCN1. The Balaban J connectivity index is 2.03. The molecule has 0 aliphatic carbocycles. The molecule has 1 aromatic rings. The maximum atomic E-state index is 12.1. The highest BCUT2D eigenvalue weighted by atomic mass is 79.9. The summed E-state index contributed by atoms with van der Waals surface area (Å²) in [5, 5.41) is 6.12. The number of rotatable bonds is 2. The lowest BCUT2D eigenvalue weighted by Gasteiger charge is -2.33. The number of amides is 1. The number of aromatic nitrogens is 1. The number of carbonyl (C=O) groups excluding carboxylic acids is 1. The van der Waals surface area contributed by atoms with Crippen molar-refractivity contribution in [1.82, 2.24) is 10.3 Å². The van der Waals surface area contributed by atoms with Crippen LogP contribution in [0.4, 0.5) is 5.82 Å². The first-order valence-corrected chi connectivity index (χ1v) is 6.57. The van der Waals surface area contributed by atoms with Crippen molar-refractivity contribution in [3.05, 3.63) is 22.8 Å². The lowest BCUT2D eigenvalue weighted by Crippen LogP contribution is -2.54. The Hall–Kier alpha value is -0.940. The highest BCUT2D eigenvalue weighted by Crippen LogP contribution is 2.20. The number of hydrogen-bond acceptors (Lipinski definition) is 3. The Kier molecular flexibility index (Phi) is 3.79. The normalized spacial score (nSPS) is 24.4. The average molecular weight is 298 g/mol. The number of carbonyl (C=O) groups is 1. The average Bonchev–Trinajstić information content (AvgIpc) is 2.33. The van der Waals surface area contributed by atoms with Crippen LogP contribution in [-0.4, -0.2) is 23.0 Å². The Labute approximate surface area is 109 Å². The zero-order valence-corrected chi connectivity index (χ0v) is 11.4. The van der Waals surface area contributed by atoms with Crippen LogP contribution in [0.15, 0.2) is 22.8 Å². The van der Waals surface area contributed by atoms with E-state index in [0.717, 1.165) is 30.3 Å². The summed E-state index contributed by atoms with van der Waals surface area (Å²) in [6, 6.07) is 3.65. The number of pyridine rings is 1. The Morgan fingerprint density at radius 2 is 2.35 bits per heavy atom. The first-order chi connectivity index (χ1) is 8.10. The molecule has 1 atom stereocenters. The van der Waals surface area contributed by atoms with E-state index < -0.39 is 5.54 Å². The van der Waals surface area contributed by atoms with Crippen molar-refractivity contribution < 1.29 is 4.79 Å². The van der Waals surface area contributed by atoms with E-state index in [-0.39, 0.29) is 5.91 Å². The number of anilines is 1.